The third-order valence-corrected chi connectivity index (χ3v) is 4.40. The normalized spacial score (nSPS) is 10.8. The van der Waals surface area contributed by atoms with E-state index in [9.17, 15) is 18.8 Å². The number of rotatable bonds is 6. The molecule has 9 heteroatoms. The molecule has 0 bridgehead atoms. The van der Waals surface area contributed by atoms with Crippen LogP contribution in [0.5, 0.6) is 0 Å². The van der Waals surface area contributed by atoms with Crippen molar-refractivity contribution in [3.05, 3.63) is 55.4 Å². The van der Waals surface area contributed by atoms with E-state index in [2.05, 4.69) is 4.98 Å². The number of nitrogens with one attached hydrogen (secondary N) is 1. The number of nitrogens with two attached hydrogens (primary N) is 1. The Morgan fingerprint density at radius 2 is 2.08 bits per heavy atom. The maximum Gasteiger partial charge on any atom is 0.330 e. The van der Waals surface area contributed by atoms with Gasteiger partial charge in [0.1, 0.15) is 11.6 Å². The van der Waals surface area contributed by atoms with Crippen LogP contribution in [0.15, 0.2) is 27.8 Å². The molecule has 0 atom stereocenters. The van der Waals surface area contributed by atoms with Gasteiger partial charge in [-0.15, -0.1) is 0 Å². The molecule has 3 N–H and O–H groups in total. The molecule has 0 aliphatic heterocycles. The molecule has 26 heavy (non-hydrogen) atoms. The minimum atomic E-state index is -0.782. The van der Waals surface area contributed by atoms with Crippen LogP contribution in [0.2, 0.25) is 5.02 Å². The van der Waals surface area contributed by atoms with Gasteiger partial charge in [-0.3, -0.25) is 19.1 Å². The first kappa shape index (κ1) is 19.7. The molecule has 0 fully saturated rings. The second-order valence-corrected chi connectivity index (χ2v) is 6.24. The molecule has 1 aromatic heterocycles. The summed E-state index contributed by atoms with van der Waals surface area (Å²) in [5.41, 5.74) is 4.42. The van der Waals surface area contributed by atoms with Gasteiger partial charge >= 0.3 is 5.69 Å². The minimum absolute atomic E-state index is 0.0281. The average Bonchev–Trinajstić information content (AvgIpc) is 2.57. The van der Waals surface area contributed by atoms with Crippen molar-refractivity contribution in [1.29, 1.82) is 0 Å². The van der Waals surface area contributed by atoms with Crippen molar-refractivity contribution in [3.63, 3.8) is 0 Å². The fourth-order valence-electron chi connectivity index (χ4n) is 2.54. The van der Waals surface area contributed by atoms with Crippen LogP contribution in [0.4, 0.5) is 15.9 Å². The molecule has 1 amide bonds. The molecule has 0 aliphatic carbocycles. The SMILES string of the molecule is CCCCn1c(N)c(N(C)C(=O)Cc2c(F)cccc2Cl)c(=O)[nH]c1=O. The lowest BCUT2D eigenvalue weighted by atomic mass is 10.1. The molecular formula is C17H20ClFN4O3. The lowest BCUT2D eigenvalue weighted by Gasteiger charge is -2.20. The van der Waals surface area contributed by atoms with Crippen molar-refractivity contribution in [2.45, 2.75) is 32.7 Å². The van der Waals surface area contributed by atoms with Crippen LogP contribution in [-0.4, -0.2) is 22.5 Å². The largest absolute Gasteiger partial charge is 0.383 e. The van der Waals surface area contributed by atoms with E-state index in [1.54, 1.807) is 0 Å². The molecule has 2 rings (SSSR count). The quantitative estimate of drug-likeness (QED) is 0.796. The molecule has 140 valence electrons. The summed E-state index contributed by atoms with van der Waals surface area (Å²) in [7, 11) is 1.34. The average molecular weight is 383 g/mol. The highest BCUT2D eigenvalue weighted by molar-refractivity contribution is 6.31. The van der Waals surface area contributed by atoms with Crippen LogP contribution in [0, 0.1) is 5.82 Å². The second kappa shape index (κ2) is 8.18. The van der Waals surface area contributed by atoms with Gasteiger partial charge in [-0.2, -0.15) is 0 Å². The first-order valence-electron chi connectivity index (χ1n) is 8.10. The number of hydrogen-bond acceptors (Lipinski definition) is 4. The minimum Gasteiger partial charge on any atom is -0.383 e. The summed E-state index contributed by atoms with van der Waals surface area (Å²) in [5.74, 6) is -1.31. The van der Waals surface area contributed by atoms with E-state index in [4.69, 9.17) is 17.3 Å². The molecule has 7 nitrogen and oxygen atoms in total. The highest BCUT2D eigenvalue weighted by atomic mass is 35.5. The van der Waals surface area contributed by atoms with Crippen LogP contribution < -0.4 is 21.9 Å². The number of nitrogen functional groups attached to an aromatic ring is 1. The first-order chi connectivity index (χ1) is 12.3. The van der Waals surface area contributed by atoms with Crippen molar-refractivity contribution in [3.8, 4) is 0 Å². The van der Waals surface area contributed by atoms with E-state index in [-0.39, 0.29) is 28.5 Å². The summed E-state index contributed by atoms with van der Waals surface area (Å²) >= 11 is 5.94. The van der Waals surface area contributed by atoms with E-state index in [1.807, 2.05) is 6.92 Å². The topological polar surface area (TPSA) is 101 Å². The number of anilines is 2. The Bertz CT molecular complexity index is 918. The summed E-state index contributed by atoms with van der Waals surface area (Å²) in [6, 6.07) is 4.10. The van der Waals surface area contributed by atoms with E-state index >= 15 is 0 Å². The van der Waals surface area contributed by atoms with Crippen LogP contribution in [0.1, 0.15) is 25.3 Å². The standard InChI is InChI=1S/C17H20ClFN4O3/c1-3-4-8-23-15(20)14(16(25)21-17(23)26)22(2)13(24)9-10-11(18)6-5-7-12(10)19/h5-7H,3-4,8-9,20H2,1-2H3,(H,21,25,26). The van der Waals surface area contributed by atoms with Gasteiger partial charge in [0, 0.05) is 24.2 Å². The summed E-state index contributed by atoms with van der Waals surface area (Å²) in [6.45, 7) is 2.26. The van der Waals surface area contributed by atoms with Crippen LogP contribution in [0.3, 0.4) is 0 Å². The zero-order valence-electron chi connectivity index (χ0n) is 14.5. The zero-order chi connectivity index (χ0) is 19.4. The number of unbranched alkanes of at least 4 members (excludes halogenated alkanes) is 1. The molecular weight excluding hydrogens is 363 g/mol. The monoisotopic (exact) mass is 382 g/mol. The molecule has 0 radical (unpaired) electrons. The highest BCUT2D eigenvalue weighted by Crippen LogP contribution is 2.22. The third-order valence-electron chi connectivity index (χ3n) is 4.05. The summed E-state index contributed by atoms with van der Waals surface area (Å²) in [6.07, 6.45) is 1.15. The number of aromatic nitrogens is 2. The summed E-state index contributed by atoms with van der Waals surface area (Å²) in [5, 5.41) is 0.113. The number of likely N-dealkylation sites (N-methyl/N-ethyl adjacent to an activating group) is 1. The number of benzene rings is 1. The van der Waals surface area contributed by atoms with Crippen molar-refractivity contribution in [1.82, 2.24) is 9.55 Å². The molecule has 0 spiro atoms. The third kappa shape index (κ3) is 3.96. The van der Waals surface area contributed by atoms with E-state index in [1.165, 1.54) is 29.8 Å². The molecule has 2 aromatic rings. The summed E-state index contributed by atoms with van der Waals surface area (Å²) in [4.78, 5) is 39.8. The Labute approximate surface area is 154 Å². The Kier molecular flexibility index (Phi) is 6.20. The van der Waals surface area contributed by atoms with Gasteiger partial charge in [-0.25, -0.2) is 9.18 Å². The van der Waals surface area contributed by atoms with Gasteiger partial charge in [0.25, 0.3) is 5.56 Å². The van der Waals surface area contributed by atoms with Crippen molar-refractivity contribution in [2.24, 2.45) is 0 Å². The van der Waals surface area contributed by atoms with Gasteiger partial charge < -0.3 is 10.6 Å². The van der Waals surface area contributed by atoms with E-state index in [0.29, 0.717) is 13.0 Å². The maximum absolute atomic E-state index is 13.9. The van der Waals surface area contributed by atoms with E-state index in [0.717, 1.165) is 11.3 Å². The highest BCUT2D eigenvalue weighted by Gasteiger charge is 2.22. The molecule has 0 saturated heterocycles. The molecule has 1 heterocycles. The number of carbonyl (C=O) groups excluding carboxylic acids is 1. The predicted molar refractivity (Wildman–Crippen MR) is 99.2 cm³/mol. The number of amides is 1. The van der Waals surface area contributed by atoms with Gasteiger partial charge in [-0.05, 0) is 18.6 Å². The van der Waals surface area contributed by atoms with Gasteiger partial charge in [-0.1, -0.05) is 31.0 Å². The Hall–Kier alpha value is -2.61. The van der Waals surface area contributed by atoms with Crippen molar-refractivity contribution >= 4 is 29.0 Å². The van der Waals surface area contributed by atoms with Gasteiger partial charge in [0.05, 0.1) is 6.42 Å². The first-order valence-corrected chi connectivity index (χ1v) is 8.47. The van der Waals surface area contributed by atoms with Crippen molar-refractivity contribution < 1.29 is 9.18 Å². The number of halogens is 2. The van der Waals surface area contributed by atoms with Crippen LogP contribution in [0.25, 0.3) is 0 Å². The van der Waals surface area contributed by atoms with Gasteiger partial charge in [0.15, 0.2) is 5.69 Å². The molecule has 0 saturated carbocycles. The number of nitrogens with zero attached hydrogens (tertiary/aromatic N) is 2. The van der Waals surface area contributed by atoms with Crippen LogP contribution in [-0.2, 0) is 17.8 Å². The second-order valence-electron chi connectivity index (χ2n) is 5.83. The molecule has 1 aromatic carbocycles. The zero-order valence-corrected chi connectivity index (χ0v) is 15.3. The number of H-pyrrole nitrogens is 1. The van der Waals surface area contributed by atoms with Crippen molar-refractivity contribution in [2.75, 3.05) is 17.7 Å². The Balaban J connectivity index is 2.40. The van der Waals surface area contributed by atoms with E-state index < -0.39 is 23.0 Å². The Morgan fingerprint density at radius 1 is 1.38 bits per heavy atom. The van der Waals surface area contributed by atoms with Gasteiger partial charge in [0.2, 0.25) is 5.91 Å². The smallest absolute Gasteiger partial charge is 0.330 e. The lowest BCUT2D eigenvalue weighted by Crippen LogP contribution is -2.40. The molecule has 0 aliphatic rings. The molecule has 0 unspecified atom stereocenters. The fourth-order valence-corrected chi connectivity index (χ4v) is 2.77. The number of carbonyl (C=O) groups is 1. The predicted octanol–water partition coefficient (Wildman–Crippen LogP) is 1.92. The van der Waals surface area contributed by atoms with Crippen LogP contribution >= 0.6 is 11.6 Å². The fraction of sp³-hybridized carbons (Fsp3) is 0.353. The lowest BCUT2D eigenvalue weighted by molar-refractivity contribution is -0.117. The number of hydrogen-bond donors (Lipinski definition) is 2. The maximum atomic E-state index is 13.9. The number of aromatic amines is 1. The summed E-state index contributed by atoms with van der Waals surface area (Å²) < 4.78 is 15.1. The Morgan fingerprint density at radius 3 is 2.69 bits per heavy atom.